The molecule has 0 radical (unpaired) electrons. The molecule has 1 aromatic heterocycles. The number of H-pyrrole nitrogens is 1. The van der Waals surface area contributed by atoms with Gasteiger partial charge in [0.1, 0.15) is 0 Å². The molecule has 0 aliphatic carbocycles. The van der Waals surface area contributed by atoms with Crippen molar-refractivity contribution in [3.63, 3.8) is 0 Å². The smallest absolute Gasteiger partial charge is 0.279 e. The summed E-state index contributed by atoms with van der Waals surface area (Å²) in [6.45, 7) is 3.71. The van der Waals surface area contributed by atoms with Crippen molar-refractivity contribution in [2.24, 2.45) is 0 Å². The molecular formula is C19H17N5O3S. The molecule has 0 saturated carbocycles. The average Bonchev–Trinajstić information content (AvgIpc) is 3.11. The van der Waals surface area contributed by atoms with Crippen molar-refractivity contribution in [1.82, 2.24) is 10.2 Å². The summed E-state index contributed by atoms with van der Waals surface area (Å²) in [6, 6.07) is 13.6. The molecule has 8 nitrogen and oxygen atoms in total. The summed E-state index contributed by atoms with van der Waals surface area (Å²) in [4.78, 5) is 12.6. The third kappa shape index (κ3) is 4.19. The minimum atomic E-state index is -4.07. The first kappa shape index (κ1) is 19.1. The quantitative estimate of drug-likeness (QED) is 0.612. The maximum atomic E-state index is 12.8. The van der Waals surface area contributed by atoms with Crippen LogP contribution in [-0.4, -0.2) is 24.5 Å². The zero-order chi connectivity index (χ0) is 20.3. The van der Waals surface area contributed by atoms with Gasteiger partial charge in [0, 0.05) is 11.4 Å². The van der Waals surface area contributed by atoms with Crippen LogP contribution in [0.1, 0.15) is 27.0 Å². The van der Waals surface area contributed by atoms with Crippen LogP contribution in [0.25, 0.3) is 0 Å². The molecule has 1 heterocycles. The van der Waals surface area contributed by atoms with Gasteiger partial charge in [0.05, 0.1) is 23.4 Å². The second-order valence-electron chi connectivity index (χ2n) is 6.24. The lowest BCUT2D eigenvalue weighted by molar-refractivity contribution is 0.102. The van der Waals surface area contributed by atoms with Crippen LogP contribution >= 0.6 is 0 Å². The van der Waals surface area contributed by atoms with Crippen LogP contribution < -0.4 is 10.0 Å². The van der Waals surface area contributed by atoms with E-state index in [0.29, 0.717) is 16.9 Å². The number of hydrogen-bond donors (Lipinski definition) is 3. The van der Waals surface area contributed by atoms with Crippen LogP contribution in [-0.2, 0) is 10.0 Å². The molecule has 28 heavy (non-hydrogen) atoms. The summed E-state index contributed by atoms with van der Waals surface area (Å²) in [5.41, 5.74) is 2.79. The second-order valence-corrected chi connectivity index (χ2v) is 7.86. The number of carbonyl (C=O) groups is 1. The van der Waals surface area contributed by atoms with Crippen LogP contribution in [0.2, 0.25) is 0 Å². The van der Waals surface area contributed by atoms with Gasteiger partial charge in [-0.25, -0.2) is 0 Å². The van der Waals surface area contributed by atoms with Gasteiger partial charge in [-0.15, -0.1) is 0 Å². The number of aromatic amines is 1. The normalized spacial score (nSPS) is 10.9. The Hall–Kier alpha value is -3.64. The van der Waals surface area contributed by atoms with E-state index >= 15 is 0 Å². The number of benzene rings is 2. The van der Waals surface area contributed by atoms with Crippen LogP contribution in [0.5, 0.6) is 0 Å². The van der Waals surface area contributed by atoms with Crippen molar-refractivity contribution in [3.8, 4) is 6.07 Å². The van der Waals surface area contributed by atoms with Crippen molar-refractivity contribution >= 4 is 27.3 Å². The van der Waals surface area contributed by atoms with Gasteiger partial charge in [0.15, 0.2) is 5.03 Å². The predicted molar refractivity (Wildman–Crippen MR) is 104 cm³/mol. The number of carbonyl (C=O) groups excluding carboxylic acids is 1. The molecule has 0 fully saturated rings. The fourth-order valence-corrected chi connectivity index (χ4v) is 3.88. The molecule has 0 spiro atoms. The molecule has 3 N–H and O–H groups in total. The summed E-state index contributed by atoms with van der Waals surface area (Å²) in [7, 11) is -4.07. The van der Waals surface area contributed by atoms with E-state index in [4.69, 9.17) is 5.26 Å². The highest BCUT2D eigenvalue weighted by molar-refractivity contribution is 7.92. The Morgan fingerprint density at radius 2 is 1.82 bits per heavy atom. The SMILES string of the molecule is Cc1cc(C)cc(NS(=O)(=O)c2[nH]ncc2C(=O)Nc2cccc(C#N)c2)c1. The zero-order valence-electron chi connectivity index (χ0n) is 15.1. The number of aryl methyl sites for hydroxylation is 2. The molecule has 9 heteroatoms. The number of anilines is 2. The summed E-state index contributed by atoms with van der Waals surface area (Å²) in [5, 5.41) is 17.2. The lowest BCUT2D eigenvalue weighted by Gasteiger charge is -2.10. The Morgan fingerprint density at radius 1 is 1.11 bits per heavy atom. The molecule has 0 aliphatic heterocycles. The van der Waals surface area contributed by atoms with Crippen molar-refractivity contribution in [3.05, 3.63) is 70.9 Å². The largest absolute Gasteiger partial charge is 0.322 e. The highest BCUT2D eigenvalue weighted by Gasteiger charge is 2.25. The molecule has 2 aromatic carbocycles. The minimum Gasteiger partial charge on any atom is -0.322 e. The Balaban J connectivity index is 1.87. The van der Waals surface area contributed by atoms with Gasteiger partial charge in [-0.3, -0.25) is 14.6 Å². The van der Waals surface area contributed by atoms with Crippen molar-refractivity contribution < 1.29 is 13.2 Å². The van der Waals surface area contributed by atoms with Crippen LogP contribution in [0.15, 0.2) is 53.7 Å². The number of hydrogen-bond acceptors (Lipinski definition) is 5. The van der Waals surface area contributed by atoms with Gasteiger partial charge < -0.3 is 5.32 Å². The highest BCUT2D eigenvalue weighted by atomic mass is 32.2. The maximum absolute atomic E-state index is 12.8. The van der Waals surface area contributed by atoms with Crippen LogP contribution in [0.3, 0.4) is 0 Å². The van der Waals surface area contributed by atoms with E-state index < -0.39 is 15.9 Å². The Labute approximate surface area is 162 Å². The van der Waals surface area contributed by atoms with E-state index in [2.05, 4.69) is 20.2 Å². The van der Waals surface area contributed by atoms with E-state index in [1.54, 1.807) is 30.3 Å². The summed E-state index contributed by atoms with van der Waals surface area (Å²) in [5.74, 6) is -0.662. The lowest BCUT2D eigenvalue weighted by Crippen LogP contribution is -2.20. The fraction of sp³-hybridized carbons (Fsp3) is 0.105. The second kappa shape index (κ2) is 7.54. The standard InChI is InChI=1S/C19H17N5O3S/c1-12-6-13(2)8-16(7-12)24-28(26,27)19-17(11-21-23-19)18(25)22-15-5-3-4-14(9-15)10-20/h3-9,11,24H,1-2H3,(H,21,23)(H,22,25). The molecule has 0 aliphatic rings. The molecule has 0 saturated heterocycles. The number of rotatable bonds is 5. The fourth-order valence-electron chi connectivity index (χ4n) is 2.75. The monoisotopic (exact) mass is 395 g/mol. The number of sulfonamides is 1. The number of amides is 1. The van der Waals surface area contributed by atoms with E-state index in [0.717, 1.165) is 17.3 Å². The third-order valence-corrected chi connectivity index (χ3v) is 5.19. The summed E-state index contributed by atoms with van der Waals surface area (Å²) >= 11 is 0. The highest BCUT2D eigenvalue weighted by Crippen LogP contribution is 2.21. The molecule has 1 amide bonds. The third-order valence-electron chi connectivity index (χ3n) is 3.84. The van der Waals surface area contributed by atoms with Crippen molar-refractivity contribution in [2.45, 2.75) is 18.9 Å². The van der Waals surface area contributed by atoms with Gasteiger partial charge in [-0.05, 0) is 55.3 Å². The van der Waals surface area contributed by atoms with E-state index in [9.17, 15) is 13.2 Å². The first-order valence-corrected chi connectivity index (χ1v) is 9.73. The van der Waals surface area contributed by atoms with Gasteiger partial charge in [0.2, 0.25) is 0 Å². The number of aromatic nitrogens is 2. The molecule has 0 unspecified atom stereocenters. The molecule has 3 rings (SSSR count). The van der Waals surface area contributed by atoms with Crippen LogP contribution in [0, 0.1) is 25.2 Å². The Morgan fingerprint density at radius 3 is 2.50 bits per heavy atom. The average molecular weight is 395 g/mol. The first-order valence-electron chi connectivity index (χ1n) is 8.24. The van der Waals surface area contributed by atoms with E-state index in [-0.39, 0.29) is 10.6 Å². The van der Waals surface area contributed by atoms with Crippen LogP contribution in [0.4, 0.5) is 11.4 Å². The summed E-state index contributed by atoms with van der Waals surface area (Å²) < 4.78 is 28.0. The summed E-state index contributed by atoms with van der Waals surface area (Å²) in [6.07, 6.45) is 1.14. The van der Waals surface area contributed by atoms with Gasteiger partial charge >= 0.3 is 0 Å². The number of nitrogens with zero attached hydrogens (tertiary/aromatic N) is 2. The Kier molecular flexibility index (Phi) is 5.15. The number of nitriles is 1. The maximum Gasteiger partial charge on any atom is 0.279 e. The number of nitrogens with one attached hydrogen (secondary N) is 3. The molecule has 0 atom stereocenters. The van der Waals surface area contributed by atoms with Crippen molar-refractivity contribution in [2.75, 3.05) is 10.0 Å². The van der Waals surface area contributed by atoms with E-state index in [1.807, 2.05) is 26.0 Å². The topological polar surface area (TPSA) is 128 Å². The predicted octanol–water partition coefficient (Wildman–Crippen LogP) is 2.95. The first-order chi connectivity index (χ1) is 13.3. The van der Waals surface area contributed by atoms with Crippen molar-refractivity contribution in [1.29, 1.82) is 5.26 Å². The van der Waals surface area contributed by atoms with Gasteiger partial charge in [-0.1, -0.05) is 12.1 Å². The molecule has 3 aromatic rings. The molecule has 142 valence electrons. The lowest BCUT2D eigenvalue weighted by atomic mass is 10.1. The molecular weight excluding hydrogens is 378 g/mol. The minimum absolute atomic E-state index is 0.140. The Bertz CT molecular complexity index is 1170. The van der Waals surface area contributed by atoms with E-state index in [1.165, 1.54) is 6.07 Å². The zero-order valence-corrected chi connectivity index (χ0v) is 16.0. The van der Waals surface area contributed by atoms with Gasteiger partial charge in [-0.2, -0.15) is 18.8 Å². The molecule has 0 bridgehead atoms. The van der Waals surface area contributed by atoms with Gasteiger partial charge in [0.25, 0.3) is 15.9 Å².